The smallest absolute Gasteiger partial charge is 0.194 e. The number of oxazole rings is 1. The summed E-state index contributed by atoms with van der Waals surface area (Å²) in [4.78, 5) is 4.19. The van der Waals surface area contributed by atoms with E-state index in [1.54, 1.807) is 13.3 Å². The number of nitrogens with one attached hydrogen (secondary N) is 1. The molecule has 2 rings (SSSR count). The molecule has 0 atom stereocenters. The molecule has 1 heterocycles. The van der Waals surface area contributed by atoms with Crippen LogP contribution in [0.1, 0.15) is 30.9 Å². The van der Waals surface area contributed by atoms with Gasteiger partial charge in [-0.2, -0.15) is 0 Å². The van der Waals surface area contributed by atoms with Crippen molar-refractivity contribution in [3.05, 3.63) is 17.8 Å². The Labute approximate surface area is 90.0 Å². The highest BCUT2D eigenvalue weighted by Gasteiger charge is 2.19. The number of nitrogens with zero attached hydrogens (tertiary/aromatic N) is 1. The Morgan fingerprint density at radius 2 is 2.47 bits per heavy atom. The van der Waals surface area contributed by atoms with Crippen LogP contribution in [0.5, 0.6) is 0 Å². The molecular weight excluding hydrogens is 192 g/mol. The first kappa shape index (κ1) is 10.6. The van der Waals surface area contributed by atoms with Crippen LogP contribution < -0.4 is 5.32 Å². The van der Waals surface area contributed by atoms with Crippen LogP contribution in [0.4, 0.5) is 0 Å². The van der Waals surface area contributed by atoms with E-state index < -0.39 is 0 Å². The van der Waals surface area contributed by atoms with Gasteiger partial charge >= 0.3 is 0 Å². The molecule has 1 saturated carbocycles. The third-order valence-electron chi connectivity index (χ3n) is 2.47. The van der Waals surface area contributed by atoms with Crippen molar-refractivity contribution in [1.82, 2.24) is 10.3 Å². The molecule has 15 heavy (non-hydrogen) atoms. The van der Waals surface area contributed by atoms with E-state index in [1.165, 1.54) is 12.8 Å². The predicted molar refractivity (Wildman–Crippen MR) is 56.6 cm³/mol. The summed E-state index contributed by atoms with van der Waals surface area (Å²) in [6.45, 7) is 1.57. The standard InChI is InChI=1S/C11H18N2O2/c1-14-8-10-7-13-11(15-10)3-2-6-12-9-4-5-9/h7,9,12H,2-6,8H2,1H3. The second kappa shape index (κ2) is 5.28. The molecule has 1 aliphatic carbocycles. The Morgan fingerprint density at radius 1 is 1.60 bits per heavy atom. The number of aromatic nitrogens is 1. The zero-order valence-electron chi connectivity index (χ0n) is 9.16. The van der Waals surface area contributed by atoms with Crippen molar-refractivity contribution in [1.29, 1.82) is 0 Å². The first-order valence-electron chi connectivity index (χ1n) is 5.54. The maximum Gasteiger partial charge on any atom is 0.194 e. The highest BCUT2D eigenvalue weighted by Crippen LogP contribution is 2.18. The van der Waals surface area contributed by atoms with Gasteiger partial charge in [-0.15, -0.1) is 0 Å². The molecule has 4 nitrogen and oxygen atoms in total. The molecule has 84 valence electrons. The van der Waals surface area contributed by atoms with Crippen LogP contribution in [0.15, 0.2) is 10.6 Å². The first-order chi connectivity index (χ1) is 7.38. The van der Waals surface area contributed by atoms with Crippen molar-refractivity contribution >= 4 is 0 Å². The molecule has 0 radical (unpaired) electrons. The fraction of sp³-hybridized carbons (Fsp3) is 0.727. The number of aryl methyl sites for hydroxylation is 1. The summed E-state index contributed by atoms with van der Waals surface area (Å²) in [5.41, 5.74) is 0. The number of hydrogen-bond donors (Lipinski definition) is 1. The van der Waals surface area contributed by atoms with Gasteiger partial charge in [0.1, 0.15) is 12.4 Å². The van der Waals surface area contributed by atoms with E-state index in [0.717, 1.165) is 37.1 Å². The highest BCUT2D eigenvalue weighted by molar-refractivity contribution is 4.92. The number of hydrogen-bond acceptors (Lipinski definition) is 4. The zero-order chi connectivity index (χ0) is 10.5. The second-order valence-electron chi connectivity index (χ2n) is 3.99. The Kier molecular flexibility index (Phi) is 3.75. The fourth-order valence-electron chi connectivity index (χ4n) is 1.51. The first-order valence-corrected chi connectivity index (χ1v) is 5.54. The Balaban J connectivity index is 1.63. The molecule has 0 aromatic carbocycles. The fourth-order valence-corrected chi connectivity index (χ4v) is 1.51. The van der Waals surface area contributed by atoms with E-state index in [2.05, 4.69) is 10.3 Å². The van der Waals surface area contributed by atoms with Gasteiger partial charge < -0.3 is 14.5 Å². The van der Waals surface area contributed by atoms with E-state index in [9.17, 15) is 0 Å². The van der Waals surface area contributed by atoms with Crippen LogP contribution >= 0.6 is 0 Å². The summed E-state index contributed by atoms with van der Waals surface area (Å²) in [6.07, 6.45) is 6.42. The van der Waals surface area contributed by atoms with E-state index >= 15 is 0 Å². The van der Waals surface area contributed by atoms with Crippen LogP contribution in [0.25, 0.3) is 0 Å². The third-order valence-corrected chi connectivity index (χ3v) is 2.47. The molecule has 0 spiro atoms. The quantitative estimate of drug-likeness (QED) is 0.693. The lowest BCUT2D eigenvalue weighted by Crippen LogP contribution is -2.17. The largest absolute Gasteiger partial charge is 0.443 e. The van der Waals surface area contributed by atoms with Gasteiger partial charge in [0.15, 0.2) is 5.89 Å². The van der Waals surface area contributed by atoms with E-state index in [1.807, 2.05) is 0 Å². The zero-order valence-corrected chi connectivity index (χ0v) is 9.16. The summed E-state index contributed by atoms with van der Waals surface area (Å²) >= 11 is 0. The molecule has 4 heteroatoms. The maximum absolute atomic E-state index is 5.48. The van der Waals surface area contributed by atoms with E-state index in [4.69, 9.17) is 9.15 Å². The Morgan fingerprint density at radius 3 is 3.20 bits per heavy atom. The average molecular weight is 210 g/mol. The predicted octanol–water partition coefficient (Wildman–Crippen LogP) is 1.51. The number of rotatable bonds is 7. The van der Waals surface area contributed by atoms with Gasteiger partial charge in [-0.3, -0.25) is 0 Å². The van der Waals surface area contributed by atoms with Crippen LogP contribution in [0.3, 0.4) is 0 Å². The molecule has 0 amide bonds. The summed E-state index contributed by atoms with van der Waals surface area (Å²) in [5, 5.41) is 3.46. The van der Waals surface area contributed by atoms with Gasteiger partial charge in [0.2, 0.25) is 0 Å². The van der Waals surface area contributed by atoms with Crippen molar-refractivity contribution in [2.45, 2.75) is 38.3 Å². The lowest BCUT2D eigenvalue weighted by Gasteiger charge is -1.99. The molecule has 1 N–H and O–H groups in total. The van der Waals surface area contributed by atoms with Crippen LogP contribution in [-0.2, 0) is 17.8 Å². The van der Waals surface area contributed by atoms with Gasteiger partial charge in [-0.1, -0.05) is 0 Å². The monoisotopic (exact) mass is 210 g/mol. The van der Waals surface area contributed by atoms with Gasteiger partial charge in [0.25, 0.3) is 0 Å². The third kappa shape index (κ3) is 3.64. The molecule has 1 aromatic rings. The molecule has 0 aliphatic heterocycles. The van der Waals surface area contributed by atoms with Crippen LogP contribution in [-0.4, -0.2) is 24.7 Å². The molecule has 0 saturated heterocycles. The van der Waals surface area contributed by atoms with Crippen molar-refractivity contribution in [3.63, 3.8) is 0 Å². The number of ether oxygens (including phenoxy) is 1. The van der Waals surface area contributed by atoms with Crippen molar-refractivity contribution in [2.75, 3.05) is 13.7 Å². The lowest BCUT2D eigenvalue weighted by molar-refractivity contribution is 0.162. The van der Waals surface area contributed by atoms with Crippen molar-refractivity contribution < 1.29 is 9.15 Å². The average Bonchev–Trinajstić information content (AvgIpc) is 2.95. The summed E-state index contributed by atoms with van der Waals surface area (Å²) in [6, 6.07) is 0.790. The van der Waals surface area contributed by atoms with Gasteiger partial charge in [0.05, 0.1) is 6.20 Å². The van der Waals surface area contributed by atoms with Crippen molar-refractivity contribution in [3.8, 4) is 0 Å². The molecule has 0 bridgehead atoms. The molecule has 1 fully saturated rings. The Bertz CT molecular complexity index is 295. The van der Waals surface area contributed by atoms with E-state index in [-0.39, 0.29) is 0 Å². The summed E-state index contributed by atoms with van der Waals surface area (Å²) in [5.74, 6) is 1.63. The van der Waals surface area contributed by atoms with Crippen LogP contribution in [0.2, 0.25) is 0 Å². The molecule has 1 aliphatic rings. The normalized spacial score (nSPS) is 15.8. The van der Waals surface area contributed by atoms with Gasteiger partial charge in [-0.05, 0) is 25.8 Å². The highest BCUT2D eigenvalue weighted by atomic mass is 16.5. The minimum Gasteiger partial charge on any atom is -0.443 e. The van der Waals surface area contributed by atoms with Crippen LogP contribution in [0, 0.1) is 0 Å². The Hall–Kier alpha value is -0.870. The van der Waals surface area contributed by atoms with Crippen molar-refractivity contribution in [2.24, 2.45) is 0 Å². The minimum atomic E-state index is 0.507. The second-order valence-corrected chi connectivity index (χ2v) is 3.99. The topological polar surface area (TPSA) is 47.3 Å². The summed E-state index contributed by atoms with van der Waals surface area (Å²) < 4.78 is 10.4. The molecule has 0 unspecified atom stereocenters. The van der Waals surface area contributed by atoms with Gasteiger partial charge in [-0.25, -0.2) is 4.98 Å². The lowest BCUT2D eigenvalue weighted by atomic mass is 10.3. The number of methoxy groups -OCH3 is 1. The van der Waals surface area contributed by atoms with Gasteiger partial charge in [0, 0.05) is 19.6 Å². The SMILES string of the molecule is COCc1cnc(CCCNC2CC2)o1. The molecular formula is C11H18N2O2. The van der Waals surface area contributed by atoms with E-state index in [0.29, 0.717) is 6.61 Å². The minimum absolute atomic E-state index is 0.507. The molecule has 1 aromatic heterocycles. The maximum atomic E-state index is 5.48. The summed E-state index contributed by atoms with van der Waals surface area (Å²) in [7, 11) is 1.65.